The van der Waals surface area contributed by atoms with Gasteiger partial charge in [0.1, 0.15) is 0 Å². The van der Waals surface area contributed by atoms with Gasteiger partial charge in [-0.1, -0.05) is 28.1 Å². The van der Waals surface area contributed by atoms with E-state index in [-0.39, 0.29) is 6.04 Å². The molecule has 2 N–H and O–H groups in total. The van der Waals surface area contributed by atoms with Crippen LogP contribution in [0.2, 0.25) is 0 Å². The van der Waals surface area contributed by atoms with Crippen molar-refractivity contribution in [3.05, 3.63) is 54.1 Å². The summed E-state index contributed by atoms with van der Waals surface area (Å²) in [7, 11) is 0. The molecule has 0 spiro atoms. The van der Waals surface area contributed by atoms with E-state index < -0.39 is 0 Å². The molecule has 0 saturated heterocycles. The molecule has 0 aliphatic carbocycles. The Hall–Kier alpha value is -0.160. The van der Waals surface area contributed by atoms with Crippen LogP contribution in [-0.4, -0.2) is 0 Å². The highest BCUT2D eigenvalue weighted by Gasteiger charge is 2.14. The predicted octanol–water partition coefficient (Wildman–Crippen LogP) is 4.94. The molecular formula is C13H13Br2NS. The normalized spacial score (nSPS) is 12.8. The van der Waals surface area contributed by atoms with Crippen molar-refractivity contribution in [3.8, 4) is 0 Å². The summed E-state index contributed by atoms with van der Waals surface area (Å²) < 4.78 is 2.26. The van der Waals surface area contributed by atoms with E-state index in [1.807, 2.05) is 0 Å². The summed E-state index contributed by atoms with van der Waals surface area (Å²) in [4.78, 5) is 1.27. The summed E-state index contributed by atoms with van der Waals surface area (Å²) in [6.45, 7) is 4.19. The van der Waals surface area contributed by atoms with Crippen LogP contribution >= 0.6 is 43.2 Å². The third kappa shape index (κ3) is 2.81. The van der Waals surface area contributed by atoms with Crippen LogP contribution in [0.15, 0.2) is 32.5 Å². The Morgan fingerprint density at radius 3 is 2.41 bits per heavy atom. The van der Waals surface area contributed by atoms with Crippen molar-refractivity contribution in [2.45, 2.75) is 19.9 Å². The zero-order valence-corrected chi connectivity index (χ0v) is 13.6. The summed E-state index contributed by atoms with van der Waals surface area (Å²) in [5, 5.41) is 0. The van der Waals surface area contributed by atoms with E-state index in [1.165, 1.54) is 16.0 Å². The van der Waals surface area contributed by atoms with Crippen molar-refractivity contribution >= 4 is 43.2 Å². The molecule has 17 heavy (non-hydrogen) atoms. The molecule has 0 radical (unpaired) electrons. The first-order valence-corrected chi connectivity index (χ1v) is 7.66. The molecule has 2 rings (SSSR count). The molecule has 1 heterocycles. The topological polar surface area (TPSA) is 26.0 Å². The number of aryl methyl sites for hydroxylation is 2. The fourth-order valence-electron chi connectivity index (χ4n) is 1.81. The lowest BCUT2D eigenvalue weighted by molar-refractivity contribution is 0.866. The van der Waals surface area contributed by atoms with Gasteiger partial charge in [-0.3, -0.25) is 0 Å². The van der Waals surface area contributed by atoms with E-state index in [1.54, 1.807) is 11.3 Å². The highest BCUT2D eigenvalue weighted by Crippen LogP contribution is 2.33. The number of benzene rings is 1. The number of thiophene rings is 1. The molecular weight excluding hydrogens is 362 g/mol. The molecule has 1 nitrogen and oxygen atoms in total. The Bertz CT molecular complexity index is 548. The zero-order chi connectivity index (χ0) is 12.6. The molecule has 0 bridgehead atoms. The Labute approximate surface area is 122 Å². The van der Waals surface area contributed by atoms with Gasteiger partial charge in [0.15, 0.2) is 0 Å². The predicted molar refractivity (Wildman–Crippen MR) is 81.7 cm³/mol. The van der Waals surface area contributed by atoms with Crippen LogP contribution < -0.4 is 5.73 Å². The second kappa shape index (κ2) is 5.22. The first-order valence-electron chi connectivity index (χ1n) is 5.26. The van der Waals surface area contributed by atoms with E-state index in [9.17, 15) is 0 Å². The maximum absolute atomic E-state index is 6.32. The molecule has 0 amide bonds. The fourth-order valence-corrected chi connectivity index (χ4v) is 3.81. The van der Waals surface area contributed by atoms with Gasteiger partial charge in [-0.05, 0) is 58.6 Å². The van der Waals surface area contributed by atoms with Crippen LogP contribution in [0, 0.1) is 13.8 Å². The number of rotatable bonds is 2. The summed E-state index contributed by atoms with van der Waals surface area (Å²) >= 11 is 8.74. The lowest BCUT2D eigenvalue weighted by Gasteiger charge is -2.13. The second-order valence-electron chi connectivity index (χ2n) is 4.05. The van der Waals surface area contributed by atoms with Crippen LogP contribution in [0.4, 0.5) is 0 Å². The molecule has 0 aliphatic heterocycles. The summed E-state index contributed by atoms with van der Waals surface area (Å²) in [6.07, 6.45) is 0. The maximum Gasteiger partial charge on any atom is 0.0704 e. The van der Waals surface area contributed by atoms with E-state index in [4.69, 9.17) is 5.73 Å². The maximum atomic E-state index is 6.32. The minimum absolute atomic E-state index is 0.0515. The van der Waals surface area contributed by atoms with E-state index in [0.29, 0.717) is 0 Å². The zero-order valence-electron chi connectivity index (χ0n) is 9.63. The molecule has 1 unspecified atom stereocenters. The first kappa shape index (κ1) is 13.3. The average molecular weight is 375 g/mol. The highest BCUT2D eigenvalue weighted by molar-refractivity contribution is 9.11. The van der Waals surface area contributed by atoms with Gasteiger partial charge in [0.05, 0.1) is 9.83 Å². The molecule has 1 atom stereocenters. The summed E-state index contributed by atoms with van der Waals surface area (Å²) in [5.41, 5.74) is 9.88. The van der Waals surface area contributed by atoms with Gasteiger partial charge in [-0.25, -0.2) is 0 Å². The van der Waals surface area contributed by atoms with Gasteiger partial charge in [0.25, 0.3) is 0 Å². The van der Waals surface area contributed by atoms with Crippen LogP contribution in [0.5, 0.6) is 0 Å². The number of halogens is 2. The van der Waals surface area contributed by atoms with Gasteiger partial charge >= 0.3 is 0 Å². The fraction of sp³-hybridized carbons (Fsp3) is 0.231. The van der Waals surface area contributed by atoms with E-state index >= 15 is 0 Å². The van der Waals surface area contributed by atoms with Crippen LogP contribution in [0.3, 0.4) is 0 Å². The van der Waals surface area contributed by atoms with Gasteiger partial charge < -0.3 is 5.73 Å². The van der Waals surface area contributed by atoms with Crippen molar-refractivity contribution in [1.82, 2.24) is 0 Å². The monoisotopic (exact) mass is 373 g/mol. The molecule has 1 aromatic carbocycles. The standard InChI is InChI=1S/C13H13Br2NS/c1-7-5-9(3-4-11(7)14)13(16)10-6-12(15)17-8(10)2/h3-6,13H,16H2,1-2H3. The molecule has 90 valence electrons. The molecule has 2 aromatic rings. The van der Waals surface area contributed by atoms with Crippen LogP contribution in [-0.2, 0) is 0 Å². The van der Waals surface area contributed by atoms with Crippen LogP contribution in [0.1, 0.15) is 27.6 Å². The Balaban J connectivity index is 2.40. The van der Waals surface area contributed by atoms with Gasteiger partial charge in [0, 0.05) is 9.35 Å². The molecule has 0 aliphatic rings. The Kier molecular flexibility index (Phi) is 4.08. The number of hydrogen-bond donors (Lipinski definition) is 1. The molecule has 4 heteroatoms. The number of nitrogens with two attached hydrogens (primary N) is 1. The van der Waals surface area contributed by atoms with Crippen molar-refractivity contribution < 1.29 is 0 Å². The minimum Gasteiger partial charge on any atom is -0.320 e. The first-order chi connectivity index (χ1) is 7.99. The minimum atomic E-state index is -0.0515. The SMILES string of the molecule is Cc1cc(C(N)c2cc(Br)sc2C)ccc1Br. The third-order valence-corrected chi connectivity index (χ3v) is 5.26. The van der Waals surface area contributed by atoms with Crippen molar-refractivity contribution in [2.75, 3.05) is 0 Å². The average Bonchev–Trinajstić information content (AvgIpc) is 2.61. The molecule has 0 fully saturated rings. The third-order valence-electron chi connectivity index (χ3n) is 2.80. The van der Waals surface area contributed by atoms with E-state index in [0.717, 1.165) is 13.8 Å². The largest absolute Gasteiger partial charge is 0.320 e. The lowest BCUT2D eigenvalue weighted by Crippen LogP contribution is -2.12. The Morgan fingerprint density at radius 1 is 1.18 bits per heavy atom. The van der Waals surface area contributed by atoms with Gasteiger partial charge in [0.2, 0.25) is 0 Å². The van der Waals surface area contributed by atoms with Crippen molar-refractivity contribution in [3.63, 3.8) is 0 Å². The van der Waals surface area contributed by atoms with Gasteiger partial charge in [-0.15, -0.1) is 11.3 Å². The molecule has 1 aromatic heterocycles. The van der Waals surface area contributed by atoms with Gasteiger partial charge in [-0.2, -0.15) is 0 Å². The lowest BCUT2D eigenvalue weighted by atomic mass is 9.99. The summed E-state index contributed by atoms with van der Waals surface area (Å²) in [5.74, 6) is 0. The van der Waals surface area contributed by atoms with Crippen LogP contribution in [0.25, 0.3) is 0 Å². The summed E-state index contributed by atoms with van der Waals surface area (Å²) in [6, 6.07) is 8.33. The smallest absolute Gasteiger partial charge is 0.0704 e. The van der Waals surface area contributed by atoms with Crippen molar-refractivity contribution in [2.24, 2.45) is 5.73 Å². The second-order valence-corrected chi connectivity index (χ2v) is 7.54. The Morgan fingerprint density at radius 2 is 1.88 bits per heavy atom. The van der Waals surface area contributed by atoms with E-state index in [2.05, 4.69) is 70.0 Å². The number of hydrogen-bond acceptors (Lipinski definition) is 2. The molecule has 0 saturated carbocycles. The highest BCUT2D eigenvalue weighted by atomic mass is 79.9. The van der Waals surface area contributed by atoms with Crippen molar-refractivity contribution in [1.29, 1.82) is 0 Å². The quantitative estimate of drug-likeness (QED) is 0.791.